The van der Waals surface area contributed by atoms with Crippen LogP contribution in [0, 0.1) is 0 Å². The highest BCUT2D eigenvalue weighted by atomic mass is 16.3. The summed E-state index contributed by atoms with van der Waals surface area (Å²) < 4.78 is 0. The number of aliphatic hydroxyl groups is 1. The first kappa shape index (κ1) is 13.9. The molecule has 1 rings (SSSR count). The summed E-state index contributed by atoms with van der Waals surface area (Å²) in [6.07, 6.45) is 3.26. The molecule has 1 aliphatic heterocycles. The van der Waals surface area contributed by atoms with Gasteiger partial charge in [0, 0.05) is 32.3 Å². The number of amides is 2. The summed E-state index contributed by atoms with van der Waals surface area (Å²) >= 11 is 0. The second-order valence-electron chi connectivity index (χ2n) is 4.21. The Kier molecular flexibility index (Phi) is 5.93. The highest BCUT2D eigenvalue weighted by molar-refractivity contribution is 6.35. The van der Waals surface area contributed by atoms with Gasteiger partial charge in [-0.3, -0.25) is 9.59 Å². The van der Waals surface area contributed by atoms with Crippen molar-refractivity contribution in [2.75, 3.05) is 26.2 Å². The van der Waals surface area contributed by atoms with Crippen LogP contribution >= 0.6 is 0 Å². The second kappa shape index (κ2) is 7.24. The molecule has 0 aromatic rings. The van der Waals surface area contributed by atoms with Crippen molar-refractivity contribution in [1.82, 2.24) is 10.2 Å². The zero-order chi connectivity index (χ0) is 12.7. The molecule has 1 atom stereocenters. The third kappa shape index (κ3) is 3.98. The van der Waals surface area contributed by atoms with Crippen LogP contribution in [-0.4, -0.2) is 54.1 Å². The number of aliphatic hydroxyl groups excluding tert-OH is 1. The molecule has 2 amide bonds. The Morgan fingerprint density at radius 1 is 1.47 bits per heavy atom. The lowest BCUT2D eigenvalue weighted by atomic mass is 10.1. The van der Waals surface area contributed by atoms with Crippen molar-refractivity contribution in [3.63, 3.8) is 0 Å². The maximum absolute atomic E-state index is 11.8. The van der Waals surface area contributed by atoms with Gasteiger partial charge in [-0.15, -0.1) is 0 Å². The van der Waals surface area contributed by atoms with Gasteiger partial charge in [-0.25, -0.2) is 0 Å². The van der Waals surface area contributed by atoms with Crippen LogP contribution in [0.15, 0.2) is 0 Å². The van der Waals surface area contributed by atoms with E-state index in [1.165, 1.54) is 0 Å². The molecule has 17 heavy (non-hydrogen) atoms. The molecular weight excluding hydrogens is 222 g/mol. The minimum atomic E-state index is -0.577. The second-order valence-corrected chi connectivity index (χ2v) is 4.21. The van der Waals surface area contributed by atoms with Crippen molar-refractivity contribution < 1.29 is 14.7 Å². The predicted octanol–water partition coefficient (Wildman–Crippen LogP) is -1.18. The van der Waals surface area contributed by atoms with Gasteiger partial charge in [0.05, 0.1) is 0 Å². The number of hydrogen-bond donors (Lipinski definition) is 3. The first-order chi connectivity index (χ1) is 8.20. The molecule has 1 heterocycles. The number of nitrogens with two attached hydrogens (primary N) is 1. The van der Waals surface area contributed by atoms with Gasteiger partial charge in [-0.05, 0) is 25.7 Å². The monoisotopic (exact) mass is 243 g/mol. The molecular formula is C11H21N3O3. The highest BCUT2D eigenvalue weighted by Crippen LogP contribution is 2.21. The van der Waals surface area contributed by atoms with E-state index >= 15 is 0 Å². The van der Waals surface area contributed by atoms with Crippen LogP contribution in [0.1, 0.15) is 25.7 Å². The SMILES string of the molecule is NCCNC(=O)C(=O)N1CCCC1CCCO. The highest BCUT2D eigenvalue weighted by Gasteiger charge is 2.31. The average Bonchev–Trinajstić information content (AvgIpc) is 2.80. The van der Waals surface area contributed by atoms with Crippen LogP contribution in [0.4, 0.5) is 0 Å². The lowest BCUT2D eigenvalue weighted by molar-refractivity contribution is -0.146. The summed E-state index contributed by atoms with van der Waals surface area (Å²) in [7, 11) is 0. The Hall–Kier alpha value is -1.14. The summed E-state index contributed by atoms with van der Waals surface area (Å²) in [5.41, 5.74) is 5.26. The molecule has 0 aliphatic carbocycles. The van der Waals surface area contributed by atoms with Gasteiger partial charge in [0.25, 0.3) is 0 Å². The first-order valence-corrected chi connectivity index (χ1v) is 6.10. The van der Waals surface area contributed by atoms with Gasteiger partial charge in [0.1, 0.15) is 0 Å². The third-order valence-corrected chi connectivity index (χ3v) is 2.96. The van der Waals surface area contributed by atoms with Gasteiger partial charge in [0.15, 0.2) is 0 Å². The van der Waals surface area contributed by atoms with Crippen molar-refractivity contribution in [2.24, 2.45) is 5.73 Å². The summed E-state index contributed by atoms with van der Waals surface area (Å²) in [6.45, 7) is 1.40. The van der Waals surface area contributed by atoms with Crippen molar-refractivity contribution in [3.05, 3.63) is 0 Å². The van der Waals surface area contributed by atoms with Crippen LogP contribution in [0.5, 0.6) is 0 Å². The Morgan fingerprint density at radius 3 is 2.88 bits per heavy atom. The zero-order valence-electron chi connectivity index (χ0n) is 10.0. The molecule has 0 radical (unpaired) electrons. The van der Waals surface area contributed by atoms with Crippen LogP contribution in [0.2, 0.25) is 0 Å². The molecule has 1 saturated heterocycles. The Bertz CT molecular complexity index is 271. The molecule has 0 saturated carbocycles. The van der Waals surface area contributed by atoms with Gasteiger partial charge in [-0.2, -0.15) is 0 Å². The van der Waals surface area contributed by atoms with Gasteiger partial charge < -0.3 is 21.1 Å². The van der Waals surface area contributed by atoms with Gasteiger partial charge >= 0.3 is 11.8 Å². The quantitative estimate of drug-likeness (QED) is 0.530. The standard InChI is InChI=1S/C11H21N3O3/c12-5-6-13-10(16)11(17)14-7-1-3-9(14)4-2-8-15/h9,15H,1-8,12H2,(H,13,16). The van der Waals surface area contributed by atoms with E-state index in [0.29, 0.717) is 26.1 Å². The van der Waals surface area contributed by atoms with E-state index in [9.17, 15) is 9.59 Å². The Labute approximate surface area is 101 Å². The number of likely N-dealkylation sites (tertiary alicyclic amines) is 1. The van der Waals surface area contributed by atoms with E-state index in [0.717, 1.165) is 19.3 Å². The number of carbonyl (C=O) groups excluding carboxylic acids is 2. The lowest BCUT2D eigenvalue weighted by Crippen LogP contribution is -2.46. The zero-order valence-corrected chi connectivity index (χ0v) is 10.0. The van der Waals surface area contributed by atoms with Crippen molar-refractivity contribution in [3.8, 4) is 0 Å². The molecule has 1 unspecified atom stereocenters. The van der Waals surface area contributed by atoms with E-state index in [-0.39, 0.29) is 12.6 Å². The molecule has 0 aromatic carbocycles. The average molecular weight is 243 g/mol. The van der Waals surface area contributed by atoms with Crippen molar-refractivity contribution >= 4 is 11.8 Å². The summed E-state index contributed by atoms with van der Waals surface area (Å²) in [5, 5.41) is 11.3. The maximum atomic E-state index is 11.8. The topological polar surface area (TPSA) is 95.7 Å². The van der Waals surface area contributed by atoms with E-state index in [2.05, 4.69) is 5.32 Å². The van der Waals surface area contributed by atoms with Crippen molar-refractivity contribution in [1.29, 1.82) is 0 Å². The van der Waals surface area contributed by atoms with Crippen molar-refractivity contribution in [2.45, 2.75) is 31.7 Å². The molecule has 0 bridgehead atoms. The van der Waals surface area contributed by atoms with Gasteiger partial charge in [-0.1, -0.05) is 0 Å². The molecule has 0 aromatic heterocycles. The van der Waals surface area contributed by atoms with Crippen LogP contribution < -0.4 is 11.1 Å². The minimum Gasteiger partial charge on any atom is -0.396 e. The molecule has 4 N–H and O–H groups in total. The number of nitrogens with zero attached hydrogens (tertiary/aromatic N) is 1. The number of rotatable bonds is 5. The van der Waals surface area contributed by atoms with Crippen LogP contribution in [-0.2, 0) is 9.59 Å². The largest absolute Gasteiger partial charge is 0.396 e. The normalized spacial score (nSPS) is 19.4. The van der Waals surface area contributed by atoms with E-state index in [4.69, 9.17) is 10.8 Å². The Morgan fingerprint density at radius 2 is 2.24 bits per heavy atom. The fourth-order valence-electron chi connectivity index (χ4n) is 2.12. The number of nitrogens with one attached hydrogen (secondary N) is 1. The van der Waals surface area contributed by atoms with Gasteiger partial charge in [0.2, 0.25) is 0 Å². The smallest absolute Gasteiger partial charge is 0.312 e. The minimum absolute atomic E-state index is 0.0956. The maximum Gasteiger partial charge on any atom is 0.312 e. The van der Waals surface area contributed by atoms with E-state index in [1.54, 1.807) is 4.90 Å². The molecule has 6 heteroatoms. The third-order valence-electron chi connectivity index (χ3n) is 2.96. The lowest BCUT2D eigenvalue weighted by Gasteiger charge is -2.23. The number of hydrogen-bond acceptors (Lipinski definition) is 4. The number of carbonyl (C=O) groups is 2. The molecule has 1 aliphatic rings. The first-order valence-electron chi connectivity index (χ1n) is 6.10. The molecule has 0 spiro atoms. The predicted molar refractivity (Wildman–Crippen MR) is 63.1 cm³/mol. The molecule has 98 valence electrons. The van der Waals surface area contributed by atoms with E-state index < -0.39 is 11.8 Å². The van der Waals surface area contributed by atoms with Crippen LogP contribution in [0.25, 0.3) is 0 Å². The van der Waals surface area contributed by atoms with E-state index in [1.807, 2.05) is 0 Å². The summed E-state index contributed by atoms with van der Waals surface area (Å²) in [4.78, 5) is 24.9. The Balaban J connectivity index is 2.46. The summed E-state index contributed by atoms with van der Waals surface area (Å²) in [5.74, 6) is -1.05. The molecule has 1 fully saturated rings. The van der Waals surface area contributed by atoms with Crippen LogP contribution in [0.3, 0.4) is 0 Å². The fourth-order valence-corrected chi connectivity index (χ4v) is 2.12. The fraction of sp³-hybridized carbons (Fsp3) is 0.818. The summed E-state index contributed by atoms with van der Waals surface area (Å²) in [6, 6.07) is 0.0956. The molecule has 6 nitrogen and oxygen atoms in total.